The molecule has 1 saturated heterocycles. The molecule has 12 heteroatoms. The zero-order valence-electron chi connectivity index (χ0n) is 22.4. The molecule has 0 saturated carbocycles. The Labute approximate surface area is 229 Å². The molecule has 1 fully saturated rings. The van der Waals surface area contributed by atoms with Gasteiger partial charge >= 0.3 is 6.09 Å². The number of benzene rings is 1. The predicted molar refractivity (Wildman–Crippen MR) is 146 cm³/mol. The predicted octanol–water partition coefficient (Wildman–Crippen LogP) is 3.45. The number of H-pyrrole nitrogens is 1. The summed E-state index contributed by atoms with van der Waals surface area (Å²) in [6.07, 6.45) is -0.00280. The molecule has 3 aromatic rings. The normalized spacial score (nSPS) is 22.0. The van der Waals surface area contributed by atoms with Crippen LogP contribution in [-0.4, -0.2) is 81.0 Å². The molecule has 4 heterocycles. The molecule has 2 aliphatic rings. The van der Waals surface area contributed by atoms with Crippen molar-refractivity contribution in [1.82, 2.24) is 30.4 Å². The number of thiazole rings is 1. The highest BCUT2D eigenvalue weighted by molar-refractivity contribution is 7.13. The van der Waals surface area contributed by atoms with Gasteiger partial charge in [0.2, 0.25) is 0 Å². The zero-order valence-corrected chi connectivity index (χ0v) is 23.2. The molecule has 208 valence electrons. The maximum Gasteiger partial charge on any atom is 0.407 e. The Morgan fingerprint density at radius 3 is 2.64 bits per heavy atom. The van der Waals surface area contributed by atoms with E-state index < -0.39 is 41.4 Å². The van der Waals surface area contributed by atoms with Crippen LogP contribution in [0.5, 0.6) is 0 Å². The molecule has 1 aromatic carbocycles. The Morgan fingerprint density at radius 2 is 1.92 bits per heavy atom. The summed E-state index contributed by atoms with van der Waals surface area (Å²) < 4.78 is 13.7. The van der Waals surface area contributed by atoms with Gasteiger partial charge in [-0.15, -0.1) is 11.3 Å². The van der Waals surface area contributed by atoms with E-state index in [1.54, 1.807) is 12.1 Å². The summed E-state index contributed by atoms with van der Waals surface area (Å²) >= 11 is 1.35. The van der Waals surface area contributed by atoms with Gasteiger partial charge in [0, 0.05) is 41.8 Å². The van der Waals surface area contributed by atoms with Crippen LogP contribution in [0.2, 0.25) is 0 Å². The van der Waals surface area contributed by atoms with Crippen molar-refractivity contribution in [3.63, 3.8) is 0 Å². The number of likely N-dealkylation sites (tertiary alicyclic amines) is 1. The van der Waals surface area contributed by atoms with Crippen molar-refractivity contribution in [3.05, 3.63) is 51.4 Å². The molecule has 1 unspecified atom stereocenters. The molecule has 39 heavy (non-hydrogen) atoms. The fraction of sp³-hybridized carbons (Fsp3) is 0.481. The molecule has 2 aliphatic heterocycles. The second kappa shape index (κ2) is 10.2. The summed E-state index contributed by atoms with van der Waals surface area (Å²) in [5, 5.41) is 17.0. The number of rotatable bonds is 4. The number of fused-ring (bicyclic) bond motifs is 2. The average molecular weight is 557 g/mol. The number of halogens is 1. The molecule has 10 nitrogen and oxygen atoms in total. The van der Waals surface area contributed by atoms with Crippen LogP contribution in [0.25, 0.3) is 10.9 Å². The number of aromatic amines is 1. The molecule has 3 amide bonds. The lowest BCUT2D eigenvalue weighted by Crippen LogP contribution is -2.69. The first-order valence-corrected chi connectivity index (χ1v) is 13.8. The third kappa shape index (κ3) is 5.48. The second-order valence-corrected chi connectivity index (χ2v) is 12.5. The van der Waals surface area contributed by atoms with E-state index in [-0.39, 0.29) is 18.1 Å². The fourth-order valence-corrected chi connectivity index (χ4v) is 6.77. The van der Waals surface area contributed by atoms with Crippen molar-refractivity contribution in [2.75, 3.05) is 20.1 Å². The van der Waals surface area contributed by atoms with Crippen LogP contribution >= 0.6 is 11.3 Å². The van der Waals surface area contributed by atoms with Gasteiger partial charge in [0.1, 0.15) is 11.5 Å². The van der Waals surface area contributed by atoms with E-state index in [0.29, 0.717) is 22.3 Å². The van der Waals surface area contributed by atoms with E-state index in [9.17, 15) is 23.9 Å². The highest BCUT2D eigenvalue weighted by Gasteiger charge is 2.47. The number of hydrogen-bond donors (Lipinski definition) is 4. The molecular weight excluding hydrogens is 523 g/mol. The van der Waals surface area contributed by atoms with Gasteiger partial charge < -0.3 is 30.5 Å². The number of carboxylic acid groups (broad SMARTS) is 1. The largest absolute Gasteiger partial charge is 0.465 e. The molecule has 2 aromatic heterocycles. The summed E-state index contributed by atoms with van der Waals surface area (Å²) in [7, 11) is 2.02. The fourth-order valence-electron chi connectivity index (χ4n) is 5.68. The van der Waals surface area contributed by atoms with Gasteiger partial charge in [-0.05, 0) is 43.1 Å². The molecule has 0 spiro atoms. The third-order valence-electron chi connectivity index (χ3n) is 7.48. The lowest BCUT2D eigenvalue weighted by atomic mass is 9.75. The van der Waals surface area contributed by atoms with Gasteiger partial charge in [-0.25, -0.2) is 14.2 Å². The standard InChI is InChI=1S/C27H33FN6O4S/c1-27(2,3)22-21(32-24(36)25-31-17-7-9-33(4)13-20(17)39-25)18(8-10-34(22)26(37)38)30-23(35)19-12-14-11-15(28)5-6-16(14)29-19/h5-6,11-12,18,21-22,29H,7-10,13H2,1-4H3,(H,30,35)(H,32,36)(H,37,38)/t18-,21+,22?/m0/s1. The smallest absolute Gasteiger partial charge is 0.407 e. The van der Waals surface area contributed by atoms with E-state index in [0.717, 1.165) is 30.1 Å². The number of hydrogen-bond acceptors (Lipinski definition) is 6. The molecule has 3 atom stereocenters. The van der Waals surface area contributed by atoms with Crippen LogP contribution < -0.4 is 10.6 Å². The average Bonchev–Trinajstić information content (AvgIpc) is 3.47. The van der Waals surface area contributed by atoms with Crippen molar-refractivity contribution in [3.8, 4) is 0 Å². The van der Waals surface area contributed by atoms with Gasteiger partial charge in [-0.1, -0.05) is 20.8 Å². The first-order chi connectivity index (χ1) is 18.4. The highest BCUT2D eigenvalue weighted by atomic mass is 32.1. The number of likely N-dealkylation sites (N-methyl/N-ethyl adjacent to an activating group) is 1. The Bertz CT molecular complexity index is 1430. The summed E-state index contributed by atoms with van der Waals surface area (Å²) in [4.78, 5) is 51.2. The van der Waals surface area contributed by atoms with Crippen molar-refractivity contribution >= 4 is 40.1 Å². The van der Waals surface area contributed by atoms with E-state index in [4.69, 9.17) is 0 Å². The Morgan fingerprint density at radius 1 is 1.15 bits per heavy atom. The number of piperidine rings is 1. The van der Waals surface area contributed by atoms with E-state index in [2.05, 4.69) is 25.5 Å². The number of carbonyl (C=O) groups is 3. The van der Waals surface area contributed by atoms with Gasteiger partial charge in [0.05, 0.1) is 23.8 Å². The van der Waals surface area contributed by atoms with Crippen molar-refractivity contribution in [2.24, 2.45) is 5.41 Å². The number of amides is 3. The third-order valence-corrected chi connectivity index (χ3v) is 8.56. The lowest BCUT2D eigenvalue weighted by molar-refractivity contribution is 0.0226. The van der Waals surface area contributed by atoms with Crippen LogP contribution in [0.15, 0.2) is 24.3 Å². The Kier molecular flexibility index (Phi) is 7.10. The minimum atomic E-state index is -1.08. The number of aromatic nitrogens is 2. The molecule has 4 N–H and O–H groups in total. The summed E-state index contributed by atoms with van der Waals surface area (Å²) in [5.74, 6) is -1.20. The SMILES string of the molecule is CN1CCc2nc(C(=O)N[C@H]3C(C(C)(C)C)N(C(=O)O)CC[C@@H]3NC(=O)c3cc4cc(F)ccc4[nH]3)sc2C1. The van der Waals surface area contributed by atoms with Crippen LogP contribution in [-0.2, 0) is 13.0 Å². The summed E-state index contributed by atoms with van der Waals surface area (Å²) in [6, 6.07) is 3.93. The molecule has 0 radical (unpaired) electrons. The van der Waals surface area contributed by atoms with Crippen LogP contribution in [0.3, 0.4) is 0 Å². The Balaban J connectivity index is 1.44. The topological polar surface area (TPSA) is 131 Å². The van der Waals surface area contributed by atoms with Crippen LogP contribution in [0.4, 0.5) is 9.18 Å². The quantitative estimate of drug-likeness (QED) is 0.390. The van der Waals surface area contributed by atoms with Gasteiger partial charge in [0.15, 0.2) is 5.01 Å². The van der Waals surface area contributed by atoms with Crippen LogP contribution in [0.1, 0.15) is 58.1 Å². The van der Waals surface area contributed by atoms with E-state index in [1.165, 1.54) is 28.4 Å². The monoisotopic (exact) mass is 556 g/mol. The minimum Gasteiger partial charge on any atom is -0.465 e. The summed E-state index contributed by atoms with van der Waals surface area (Å²) in [5.41, 5.74) is 1.25. The Hall–Kier alpha value is -3.51. The molecule has 0 bridgehead atoms. The van der Waals surface area contributed by atoms with Crippen molar-refractivity contribution in [2.45, 2.75) is 58.3 Å². The van der Waals surface area contributed by atoms with Crippen molar-refractivity contribution in [1.29, 1.82) is 0 Å². The minimum absolute atomic E-state index is 0.199. The van der Waals surface area contributed by atoms with Crippen LogP contribution in [0, 0.1) is 11.2 Å². The maximum absolute atomic E-state index is 13.7. The van der Waals surface area contributed by atoms with Gasteiger partial charge in [0.25, 0.3) is 11.8 Å². The van der Waals surface area contributed by atoms with Gasteiger partial charge in [-0.2, -0.15) is 0 Å². The highest BCUT2D eigenvalue weighted by Crippen LogP contribution is 2.33. The van der Waals surface area contributed by atoms with Gasteiger partial charge in [-0.3, -0.25) is 9.59 Å². The first kappa shape index (κ1) is 27.1. The number of nitrogens with zero attached hydrogens (tertiary/aromatic N) is 3. The van der Waals surface area contributed by atoms with E-state index in [1.807, 2.05) is 27.8 Å². The first-order valence-electron chi connectivity index (χ1n) is 13.0. The molecular formula is C27H33FN6O4S. The maximum atomic E-state index is 13.7. The lowest BCUT2D eigenvalue weighted by Gasteiger charge is -2.50. The van der Waals surface area contributed by atoms with Crippen molar-refractivity contribution < 1.29 is 23.9 Å². The second-order valence-electron chi connectivity index (χ2n) is 11.4. The number of carbonyl (C=O) groups excluding carboxylic acids is 2. The molecule has 0 aliphatic carbocycles. The number of nitrogens with one attached hydrogen (secondary N) is 3. The van der Waals surface area contributed by atoms with E-state index >= 15 is 0 Å². The molecule has 5 rings (SSSR count). The zero-order chi connectivity index (χ0) is 28.1. The summed E-state index contributed by atoms with van der Waals surface area (Å²) in [6.45, 7) is 7.55.